The Bertz CT molecular complexity index is 364. The van der Waals surface area contributed by atoms with Gasteiger partial charge in [-0.3, -0.25) is 0 Å². The molecule has 0 aromatic carbocycles. The molecule has 16 heavy (non-hydrogen) atoms. The van der Waals surface area contributed by atoms with Crippen molar-refractivity contribution in [1.29, 1.82) is 0 Å². The van der Waals surface area contributed by atoms with Gasteiger partial charge in [0.05, 0.1) is 11.4 Å². The lowest BCUT2D eigenvalue weighted by molar-refractivity contribution is 0.695. The smallest absolute Gasteiger partial charge is 0.245 e. The molecule has 1 aliphatic heterocycles. The van der Waals surface area contributed by atoms with Gasteiger partial charge in [0.15, 0.2) is 0 Å². The summed E-state index contributed by atoms with van der Waals surface area (Å²) in [5, 5.41) is 8.55. The van der Waals surface area contributed by atoms with E-state index in [-0.39, 0.29) is 0 Å². The van der Waals surface area contributed by atoms with Crippen LogP contribution >= 0.6 is 0 Å². The van der Waals surface area contributed by atoms with Crippen LogP contribution in [0.2, 0.25) is 0 Å². The lowest BCUT2D eigenvalue weighted by Crippen LogP contribution is -2.29. The number of hydrogen-bond acceptors (Lipinski definition) is 4. The van der Waals surface area contributed by atoms with Gasteiger partial charge < -0.3 is 4.90 Å². The molecule has 2 rings (SSSR count). The van der Waals surface area contributed by atoms with Crippen LogP contribution in [0, 0.1) is 0 Å². The van der Waals surface area contributed by atoms with E-state index in [2.05, 4.69) is 40.9 Å². The van der Waals surface area contributed by atoms with Gasteiger partial charge in [0.25, 0.3) is 0 Å². The van der Waals surface area contributed by atoms with Gasteiger partial charge in [-0.25, -0.2) is 4.98 Å². The van der Waals surface area contributed by atoms with E-state index in [9.17, 15) is 0 Å². The predicted octanol–water partition coefficient (Wildman–Crippen LogP) is 1.99. The fraction of sp³-hybridized carbons (Fsp3) is 0.750. The first kappa shape index (κ1) is 11.3. The molecule has 1 aliphatic rings. The summed E-state index contributed by atoms with van der Waals surface area (Å²) in [6.07, 6.45) is 4.33. The molecular weight excluding hydrogens is 200 g/mol. The molecule has 1 unspecified atom stereocenters. The van der Waals surface area contributed by atoms with Gasteiger partial charge in [0.1, 0.15) is 0 Å². The number of aryl methyl sites for hydroxylation is 2. The molecule has 0 amide bonds. The molecule has 1 aromatic heterocycles. The topological polar surface area (TPSA) is 41.9 Å². The number of anilines is 1. The van der Waals surface area contributed by atoms with Crippen molar-refractivity contribution >= 4 is 5.95 Å². The second-order valence-corrected chi connectivity index (χ2v) is 4.40. The van der Waals surface area contributed by atoms with Crippen LogP contribution in [0.15, 0.2) is 0 Å². The monoisotopic (exact) mass is 220 g/mol. The minimum absolute atomic E-state index is 0.555. The van der Waals surface area contributed by atoms with Crippen molar-refractivity contribution in [1.82, 2.24) is 15.2 Å². The zero-order valence-electron chi connectivity index (χ0n) is 10.4. The SMILES string of the molecule is CCc1nnc(N2CCCC2C)nc1CC. The van der Waals surface area contributed by atoms with Gasteiger partial charge in [-0.15, -0.1) is 5.10 Å². The third kappa shape index (κ3) is 2.01. The molecule has 0 saturated carbocycles. The van der Waals surface area contributed by atoms with E-state index in [1.54, 1.807) is 0 Å². The van der Waals surface area contributed by atoms with Crippen molar-refractivity contribution in [2.45, 2.75) is 52.5 Å². The highest BCUT2D eigenvalue weighted by Gasteiger charge is 2.23. The normalized spacial score (nSPS) is 20.4. The van der Waals surface area contributed by atoms with Gasteiger partial charge in [-0.05, 0) is 32.6 Å². The van der Waals surface area contributed by atoms with Crippen LogP contribution in [0.25, 0.3) is 0 Å². The summed E-state index contributed by atoms with van der Waals surface area (Å²) >= 11 is 0. The van der Waals surface area contributed by atoms with E-state index in [1.165, 1.54) is 12.8 Å². The Morgan fingerprint density at radius 2 is 1.94 bits per heavy atom. The molecule has 1 atom stereocenters. The maximum Gasteiger partial charge on any atom is 0.245 e. The number of aromatic nitrogens is 3. The maximum absolute atomic E-state index is 4.65. The highest BCUT2D eigenvalue weighted by molar-refractivity contribution is 5.33. The summed E-state index contributed by atoms with van der Waals surface area (Å²) in [7, 11) is 0. The van der Waals surface area contributed by atoms with Crippen LogP contribution in [0.1, 0.15) is 45.0 Å². The third-order valence-corrected chi connectivity index (χ3v) is 3.31. The molecule has 0 radical (unpaired) electrons. The molecule has 4 heteroatoms. The number of nitrogens with zero attached hydrogens (tertiary/aromatic N) is 4. The van der Waals surface area contributed by atoms with Gasteiger partial charge >= 0.3 is 0 Å². The van der Waals surface area contributed by atoms with Crippen molar-refractivity contribution in [3.05, 3.63) is 11.4 Å². The average molecular weight is 220 g/mol. The third-order valence-electron chi connectivity index (χ3n) is 3.31. The van der Waals surface area contributed by atoms with Gasteiger partial charge in [0.2, 0.25) is 5.95 Å². The Labute approximate surface area is 97.1 Å². The van der Waals surface area contributed by atoms with Crippen molar-refractivity contribution < 1.29 is 0 Å². The zero-order valence-corrected chi connectivity index (χ0v) is 10.4. The Morgan fingerprint density at radius 1 is 1.19 bits per heavy atom. The second kappa shape index (κ2) is 4.76. The number of rotatable bonds is 3. The first-order chi connectivity index (χ1) is 7.76. The van der Waals surface area contributed by atoms with Crippen LogP contribution < -0.4 is 4.90 Å². The molecule has 4 nitrogen and oxygen atoms in total. The van der Waals surface area contributed by atoms with Crippen molar-refractivity contribution in [2.75, 3.05) is 11.4 Å². The first-order valence-electron chi connectivity index (χ1n) is 6.25. The largest absolute Gasteiger partial charge is 0.337 e. The lowest BCUT2D eigenvalue weighted by atomic mass is 10.2. The Hall–Kier alpha value is -1.19. The van der Waals surface area contributed by atoms with Crippen molar-refractivity contribution in [2.24, 2.45) is 0 Å². The van der Waals surface area contributed by atoms with E-state index >= 15 is 0 Å². The average Bonchev–Trinajstić information content (AvgIpc) is 2.74. The molecule has 0 aliphatic carbocycles. The molecule has 1 aromatic rings. The summed E-state index contributed by atoms with van der Waals surface area (Å²) in [6, 6.07) is 0.555. The quantitative estimate of drug-likeness (QED) is 0.781. The maximum atomic E-state index is 4.65. The summed E-state index contributed by atoms with van der Waals surface area (Å²) in [4.78, 5) is 6.92. The highest BCUT2D eigenvalue weighted by atomic mass is 15.3. The van der Waals surface area contributed by atoms with E-state index in [4.69, 9.17) is 0 Å². The minimum atomic E-state index is 0.555. The summed E-state index contributed by atoms with van der Waals surface area (Å²) < 4.78 is 0. The predicted molar refractivity (Wildman–Crippen MR) is 64.6 cm³/mol. The summed E-state index contributed by atoms with van der Waals surface area (Å²) in [5.41, 5.74) is 2.14. The number of hydrogen-bond donors (Lipinski definition) is 0. The fourth-order valence-electron chi connectivity index (χ4n) is 2.28. The molecule has 88 valence electrons. The van der Waals surface area contributed by atoms with Crippen LogP contribution in [0.3, 0.4) is 0 Å². The van der Waals surface area contributed by atoms with Crippen LogP contribution in [0.5, 0.6) is 0 Å². The standard InChI is InChI=1S/C12H20N4/c1-4-10-11(5-2)14-15-12(13-10)16-8-6-7-9(16)3/h9H,4-8H2,1-3H3. The molecule has 1 saturated heterocycles. The van der Waals surface area contributed by atoms with Crippen LogP contribution in [-0.4, -0.2) is 27.8 Å². The van der Waals surface area contributed by atoms with Crippen LogP contribution in [0.4, 0.5) is 5.95 Å². The molecule has 2 heterocycles. The van der Waals surface area contributed by atoms with E-state index in [1.807, 2.05) is 0 Å². The summed E-state index contributed by atoms with van der Waals surface area (Å²) in [6.45, 7) is 7.52. The van der Waals surface area contributed by atoms with Crippen molar-refractivity contribution in [3.8, 4) is 0 Å². The van der Waals surface area contributed by atoms with Crippen molar-refractivity contribution in [3.63, 3.8) is 0 Å². The second-order valence-electron chi connectivity index (χ2n) is 4.40. The Morgan fingerprint density at radius 3 is 2.50 bits per heavy atom. The molecule has 1 fully saturated rings. The fourth-order valence-corrected chi connectivity index (χ4v) is 2.28. The van der Waals surface area contributed by atoms with Crippen LogP contribution in [-0.2, 0) is 12.8 Å². The van der Waals surface area contributed by atoms with E-state index in [0.29, 0.717) is 6.04 Å². The zero-order chi connectivity index (χ0) is 11.5. The Balaban J connectivity index is 2.28. The minimum Gasteiger partial charge on any atom is -0.337 e. The Kier molecular flexibility index (Phi) is 3.36. The molecular formula is C12H20N4. The van der Waals surface area contributed by atoms with E-state index in [0.717, 1.165) is 36.7 Å². The first-order valence-corrected chi connectivity index (χ1v) is 6.25. The van der Waals surface area contributed by atoms with Gasteiger partial charge in [-0.1, -0.05) is 13.8 Å². The molecule has 0 spiro atoms. The molecule has 0 bridgehead atoms. The van der Waals surface area contributed by atoms with Gasteiger partial charge in [-0.2, -0.15) is 5.10 Å². The molecule has 0 N–H and O–H groups in total. The van der Waals surface area contributed by atoms with E-state index < -0.39 is 0 Å². The van der Waals surface area contributed by atoms with Gasteiger partial charge in [0, 0.05) is 12.6 Å². The lowest BCUT2D eigenvalue weighted by Gasteiger charge is -2.21. The highest BCUT2D eigenvalue weighted by Crippen LogP contribution is 2.21. The summed E-state index contributed by atoms with van der Waals surface area (Å²) in [5.74, 6) is 0.819.